The lowest BCUT2D eigenvalue weighted by molar-refractivity contribution is 0.194. The fourth-order valence-electron chi connectivity index (χ4n) is 4.39. The van der Waals surface area contributed by atoms with E-state index in [1.807, 2.05) is 73.3 Å². The standard InChI is InChI=1S/C27H24ClN3O/c1-18-9-10-19(2)23(16-18)29-27(32)31-17-21-6-3-4-7-24(21)30-15-5-8-25(30)26(31)20-11-13-22(28)14-12-20/h3-16,26H,17H2,1-2H3,(H,29,32)/t26-/m0/s1. The number of nitrogens with one attached hydrogen (secondary N) is 1. The van der Waals surface area contributed by atoms with Crippen molar-refractivity contribution in [1.29, 1.82) is 0 Å². The molecule has 1 aromatic heterocycles. The number of nitrogens with zero attached hydrogens (tertiary/aromatic N) is 2. The van der Waals surface area contributed by atoms with Crippen molar-refractivity contribution in [2.24, 2.45) is 0 Å². The smallest absolute Gasteiger partial charge is 0.318 e. The highest BCUT2D eigenvalue weighted by molar-refractivity contribution is 6.30. The zero-order chi connectivity index (χ0) is 22.2. The van der Waals surface area contributed by atoms with Crippen molar-refractivity contribution in [2.75, 3.05) is 5.32 Å². The Bertz CT molecular complexity index is 1290. The quantitative estimate of drug-likeness (QED) is 0.361. The fraction of sp³-hybridized carbons (Fsp3) is 0.148. The molecule has 1 aliphatic heterocycles. The first-order valence-electron chi connectivity index (χ1n) is 10.7. The van der Waals surface area contributed by atoms with Gasteiger partial charge in [0.2, 0.25) is 0 Å². The lowest BCUT2D eigenvalue weighted by atomic mass is 10.0. The van der Waals surface area contributed by atoms with Gasteiger partial charge in [-0.1, -0.05) is 54.1 Å². The number of hydrogen-bond acceptors (Lipinski definition) is 1. The van der Waals surface area contributed by atoms with Gasteiger partial charge in [0.25, 0.3) is 0 Å². The number of carbonyl (C=O) groups excluding carboxylic acids is 1. The molecule has 4 aromatic rings. The number of aryl methyl sites for hydroxylation is 2. The van der Waals surface area contributed by atoms with Crippen LogP contribution in [-0.2, 0) is 6.54 Å². The largest absolute Gasteiger partial charge is 0.322 e. The lowest BCUT2D eigenvalue weighted by Gasteiger charge is -2.31. The number of hydrogen-bond donors (Lipinski definition) is 1. The molecule has 2 heterocycles. The fourth-order valence-corrected chi connectivity index (χ4v) is 4.52. The van der Waals surface area contributed by atoms with Crippen LogP contribution in [0.15, 0.2) is 85.1 Å². The third-order valence-electron chi connectivity index (χ3n) is 6.05. The first kappa shape index (κ1) is 20.4. The van der Waals surface area contributed by atoms with Gasteiger partial charge in [-0.05, 0) is 72.5 Å². The van der Waals surface area contributed by atoms with Crippen molar-refractivity contribution in [2.45, 2.75) is 26.4 Å². The molecular formula is C27H24ClN3O. The number of amides is 2. The molecule has 0 radical (unpaired) electrons. The predicted molar refractivity (Wildman–Crippen MR) is 130 cm³/mol. The van der Waals surface area contributed by atoms with Crippen molar-refractivity contribution in [1.82, 2.24) is 9.47 Å². The summed E-state index contributed by atoms with van der Waals surface area (Å²) in [7, 11) is 0. The molecule has 0 saturated carbocycles. The third-order valence-corrected chi connectivity index (χ3v) is 6.30. The second-order valence-electron chi connectivity index (χ2n) is 8.26. The molecule has 0 unspecified atom stereocenters. The zero-order valence-corrected chi connectivity index (χ0v) is 18.8. The molecule has 1 atom stereocenters. The number of aromatic nitrogens is 1. The average Bonchev–Trinajstić information content (AvgIpc) is 3.21. The van der Waals surface area contributed by atoms with Crippen LogP contribution in [-0.4, -0.2) is 15.5 Å². The molecule has 1 N–H and O–H groups in total. The molecule has 3 aromatic carbocycles. The van der Waals surface area contributed by atoms with Crippen LogP contribution >= 0.6 is 11.6 Å². The van der Waals surface area contributed by atoms with Crippen LogP contribution < -0.4 is 5.32 Å². The third kappa shape index (κ3) is 3.67. The van der Waals surface area contributed by atoms with Crippen molar-refractivity contribution in [3.8, 4) is 5.69 Å². The zero-order valence-electron chi connectivity index (χ0n) is 18.0. The molecule has 0 aliphatic carbocycles. The van der Waals surface area contributed by atoms with Gasteiger partial charge in [-0.15, -0.1) is 0 Å². The average molecular weight is 442 g/mol. The second-order valence-corrected chi connectivity index (χ2v) is 8.70. The predicted octanol–water partition coefficient (Wildman–Crippen LogP) is 6.88. The Kier molecular flexibility index (Phi) is 5.24. The maximum Gasteiger partial charge on any atom is 0.322 e. The van der Waals surface area contributed by atoms with E-state index in [9.17, 15) is 4.79 Å². The van der Waals surface area contributed by atoms with E-state index >= 15 is 0 Å². The minimum atomic E-state index is -0.264. The number of carbonyl (C=O) groups is 1. The van der Waals surface area contributed by atoms with Gasteiger partial charge in [-0.25, -0.2) is 4.79 Å². The lowest BCUT2D eigenvalue weighted by Crippen LogP contribution is -2.38. The van der Waals surface area contributed by atoms with E-state index in [2.05, 4.69) is 40.3 Å². The molecule has 0 bridgehead atoms. The molecule has 5 rings (SSSR count). The summed E-state index contributed by atoms with van der Waals surface area (Å²) >= 11 is 6.18. The Morgan fingerprint density at radius 1 is 0.969 bits per heavy atom. The molecule has 32 heavy (non-hydrogen) atoms. The molecule has 5 heteroatoms. The van der Waals surface area contributed by atoms with Crippen molar-refractivity contribution in [3.05, 3.63) is 118 Å². The SMILES string of the molecule is Cc1ccc(C)c(NC(=O)N2Cc3ccccc3-n3cccc3[C@@H]2c2ccc(Cl)cc2)c1. The molecule has 160 valence electrons. The van der Waals surface area contributed by atoms with Gasteiger partial charge < -0.3 is 14.8 Å². The van der Waals surface area contributed by atoms with Crippen LogP contribution in [0.2, 0.25) is 5.02 Å². The molecule has 0 saturated heterocycles. The maximum absolute atomic E-state index is 13.8. The summed E-state index contributed by atoms with van der Waals surface area (Å²) in [4.78, 5) is 15.7. The number of urea groups is 1. The Morgan fingerprint density at radius 3 is 2.56 bits per heavy atom. The molecule has 1 aliphatic rings. The van der Waals surface area contributed by atoms with Crippen LogP contribution in [0.3, 0.4) is 0 Å². The van der Waals surface area contributed by atoms with Crippen molar-refractivity contribution in [3.63, 3.8) is 0 Å². The summed E-state index contributed by atoms with van der Waals surface area (Å²) < 4.78 is 2.18. The van der Waals surface area contributed by atoms with Gasteiger partial charge >= 0.3 is 6.03 Å². The van der Waals surface area contributed by atoms with Crippen molar-refractivity contribution >= 4 is 23.3 Å². The Labute approximate surface area is 193 Å². The van der Waals surface area contributed by atoms with E-state index in [0.29, 0.717) is 11.6 Å². The van der Waals surface area contributed by atoms with Gasteiger partial charge in [0.1, 0.15) is 0 Å². The number of benzene rings is 3. The Balaban J connectivity index is 1.63. The number of para-hydroxylation sites is 1. The molecule has 0 spiro atoms. The van der Waals surface area contributed by atoms with Gasteiger partial charge in [0.05, 0.1) is 18.3 Å². The van der Waals surface area contributed by atoms with Crippen LogP contribution in [0.1, 0.15) is 34.0 Å². The second kappa shape index (κ2) is 8.21. The monoisotopic (exact) mass is 441 g/mol. The van der Waals surface area contributed by atoms with Gasteiger partial charge in [0, 0.05) is 22.6 Å². The Morgan fingerprint density at radius 2 is 1.75 bits per heavy atom. The highest BCUT2D eigenvalue weighted by Crippen LogP contribution is 2.37. The summed E-state index contributed by atoms with van der Waals surface area (Å²) in [6.45, 7) is 4.52. The molecule has 4 nitrogen and oxygen atoms in total. The van der Waals surface area contributed by atoms with Gasteiger partial charge in [-0.3, -0.25) is 0 Å². The molecule has 0 fully saturated rings. The van der Waals surface area contributed by atoms with Gasteiger partial charge in [-0.2, -0.15) is 0 Å². The normalized spacial score (nSPS) is 15.0. The minimum absolute atomic E-state index is 0.136. The Hall–Kier alpha value is -3.50. The minimum Gasteiger partial charge on any atom is -0.318 e. The summed E-state index contributed by atoms with van der Waals surface area (Å²) in [5.74, 6) is 0. The van der Waals surface area contributed by atoms with Crippen LogP contribution in [0.5, 0.6) is 0 Å². The summed E-state index contributed by atoms with van der Waals surface area (Å²) in [6, 6.07) is 25.8. The van der Waals surface area contributed by atoms with E-state index in [1.54, 1.807) is 0 Å². The number of fused-ring (bicyclic) bond motifs is 3. The number of rotatable bonds is 2. The van der Waals surface area contributed by atoms with Gasteiger partial charge in [0.15, 0.2) is 0 Å². The van der Waals surface area contributed by atoms with E-state index in [0.717, 1.165) is 39.3 Å². The summed E-state index contributed by atoms with van der Waals surface area (Å²) in [6.07, 6.45) is 2.06. The van der Waals surface area contributed by atoms with Crippen LogP contribution in [0.25, 0.3) is 5.69 Å². The maximum atomic E-state index is 13.8. The highest BCUT2D eigenvalue weighted by Gasteiger charge is 2.33. The highest BCUT2D eigenvalue weighted by atomic mass is 35.5. The first-order valence-corrected chi connectivity index (χ1v) is 11.0. The summed E-state index contributed by atoms with van der Waals surface area (Å²) in [5, 5.41) is 3.84. The van der Waals surface area contributed by atoms with Crippen molar-refractivity contribution < 1.29 is 4.79 Å². The summed E-state index contributed by atoms with van der Waals surface area (Å²) in [5.41, 5.74) is 7.20. The molecular weight excluding hydrogens is 418 g/mol. The topological polar surface area (TPSA) is 37.3 Å². The van der Waals surface area contributed by atoms with E-state index in [4.69, 9.17) is 11.6 Å². The first-order chi connectivity index (χ1) is 15.5. The molecule has 2 amide bonds. The number of halogens is 1. The van der Waals surface area contributed by atoms with Crippen LogP contribution in [0.4, 0.5) is 10.5 Å². The van der Waals surface area contributed by atoms with E-state index in [-0.39, 0.29) is 12.1 Å². The number of anilines is 1. The van der Waals surface area contributed by atoms with E-state index < -0.39 is 0 Å². The van der Waals surface area contributed by atoms with Crippen LogP contribution in [0, 0.1) is 13.8 Å². The van der Waals surface area contributed by atoms with E-state index in [1.165, 1.54) is 0 Å².